The predicted octanol–water partition coefficient (Wildman–Crippen LogP) is 2.21. The third-order valence-electron chi connectivity index (χ3n) is 3.61. The maximum Gasteiger partial charge on any atom is 0.261 e. The number of nitrogens with one attached hydrogen (secondary N) is 1. The van der Waals surface area contributed by atoms with Crippen LogP contribution in [0.1, 0.15) is 16.9 Å². The Morgan fingerprint density at radius 1 is 1.52 bits per heavy atom. The van der Waals surface area contributed by atoms with E-state index < -0.39 is 19.1 Å². The van der Waals surface area contributed by atoms with E-state index in [0.717, 1.165) is 10.6 Å². The van der Waals surface area contributed by atoms with Crippen LogP contribution in [-0.2, 0) is 4.74 Å². The first-order chi connectivity index (χ1) is 11.8. The number of Topliss-reactive ketones (excluding diaryl/α,β-unsaturated/α-hetero) is 1. The molecule has 0 aromatic carbocycles. The molecule has 1 N–H and O–H groups in total. The fourth-order valence-electron chi connectivity index (χ4n) is 2.57. The number of H-pyrrole nitrogens is 1. The molecule has 1 aromatic heterocycles. The average molecular weight is 415 g/mol. The Hall–Kier alpha value is -1.73. The summed E-state index contributed by atoms with van der Waals surface area (Å²) in [6.07, 6.45) is 4.45. The molecule has 0 radical (unpaired) electrons. The molecule has 0 spiro atoms. The maximum atomic E-state index is 12.6. The highest BCUT2D eigenvalue weighted by Gasteiger charge is 2.18. The topological polar surface area (TPSA) is 45.3 Å². The number of rotatable bonds is 7. The van der Waals surface area contributed by atoms with E-state index >= 15 is 0 Å². The van der Waals surface area contributed by atoms with Crippen LogP contribution in [0.25, 0.3) is 12.2 Å². The van der Waals surface area contributed by atoms with Gasteiger partial charge in [-0.1, -0.05) is 28.6 Å². The number of aromatic nitrogens is 1. The van der Waals surface area contributed by atoms with Gasteiger partial charge in [-0.2, -0.15) is 0 Å². The van der Waals surface area contributed by atoms with Gasteiger partial charge in [0.05, 0.1) is 11.8 Å². The minimum atomic E-state index is -2.51. The first-order valence-corrected chi connectivity index (χ1v) is 8.73. The molecule has 136 valence electrons. The zero-order chi connectivity index (χ0) is 18.6. The zero-order valence-electron chi connectivity index (χ0n) is 14.1. The second-order valence-electron chi connectivity index (χ2n) is 5.98. The van der Waals surface area contributed by atoms with Crippen LogP contribution in [-0.4, -0.2) is 53.7 Å². The van der Waals surface area contributed by atoms with E-state index in [4.69, 9.17) is 4.74 Å². The van der Waals surface area contributed by atoms with Crippen LogP contribution < -0.4 is 10.6 Å². The summed E-state index contributed by atoms with van der Waals surface area (Å²) in [5.74, 6) is -0.185. The number of nitrogens with zero attached hydrogens (tertiary/aromatic N) is 1. The van der Waals surface area contributed by atoms with Crippen LogP contribution in [0.3, 0.4) is 0 Å². The van der Waals surface area contributed by atoms with E-state index in [0.29, 0.717) is 17.7 Å². The molecule has 4 nitrogen and oxygen atoms in total. The fraction of sp³-hybridized carbons (Fsp3) is 0.389. The molecule has 0 fully saturated rings. The number of alkyl halides is 3. The van der Waals surface area contributed by atoms with Crippen molar-refractivity contribution in [2.75, 3.05) is 20.7 Å². The third kappa shape index (κ3) is 5.37. The molecule has 0 amide bonds. The Kier molecular flexibility index (Phi) is 6.72. The molecule has 0 saturated heterocycles. The molecule has 0 aliphatic heterocycles. The Morgan fingerprint density at radius 3 is 2.84 bits per heavy atom. The smallest absolute Gasteiger partial charge is 0.261 e. The second kappa shape index (κ2) is 8.58. The van der Waals surface area contributed by atoms with E-state index in [2.05, 4.69) is 27.5 Å². The summed E-state index contributed by atoms with van der Waals surface area (Å²) < 4.78 is 30.0. The summed E-state index contributed by atoms with van der Waals surface area (Å²) in [4.78, 5) is 17.4. The maximum absolute atomic E-state index is 12.6. The fourth-order valence-corrected chi connectivity index (χ4v) is 3.21. The van der Waals surface area contributed by atoms with Crippen LogP contribution in [0.2, 0.25) is 0 Å². The molecule has 1 aliphatic carbocycles. The lowest BCUT2D eigenvalue weighted by Gasteiger charge is -2.14. The lowest BCUT2D eigenvalue weighted by molar-refractivity contribution is -0.00300. The number of hydrogen-bond donors (Lipinski definition) is 1. The van der Waals surface area contributed by atoms with Gasteiger partial charge in [-0.15, -0.1) is 0 Å². The third-order valence-corrected chi connectivity index (χ3v) is 4.25. The number of ketones is 1. The van der Waals surface area contributed by atoms with Crippen molar-refractivity contribution in [1.82, 2.24) is 9.88 Å². The second-order valence-corrected chi connectivity index (χ2v) is 7.16. The van der Waals surface area contributed by atoms with Crippen molar-refractivity contribution in [3.63, 3.8) is 0 Å². The van der Waals surface area contributed by atoms with Gasteiger partial charge in [0.25, 0.3) is 6.43 Å². The van der Waals surface area contributed by atoms with Gasteiger partial charge in [-0.3, -0.25) is 4.79 Å². The van der Waals surface area contributed by atoms with Gasteiger partial charge < -0.3 is 14.6 Å². The van der Waals surface area contributed by atoms with Crippen LogP contribution in [0, 0.1) is 0 Å². The van der Waals surface area contributed by atoms with Gasteiger partial charge in [-0.25, -0.2) is 8.78 Å². The van der Waals surface area contributed by atoms with Crippen molar-refractivity contribution in [3.8, 4) is 0 Å². The largest absolute Gasteiger partial charge is 0.383 e. The summed E-state index contributed by atoms with van der Waals surface area (Å²) in [6.45, 7) is 3.07. The van der Waals surface area contributed by atoms with Crippen LogP contribution >= 0.6 is 15.9 Å². The molecule has 2 atom stereocenters. The van der Waals surface area contributed by atoms with Crippen LogP contribution in [0.4, 0.5) is 8.78 Å². The number of halogens is 3. The highest BCUT2D eigenvalue weighted by atomic mass is 79.9. The van der Waals surface area contributed by atoms with Crippen molar-refractivity contribution in [2.45, 2.75) is 23.8 Å². The number of carbonyl (C=O) groups is 1. The Bertz CT molecular complexity index is 783. The molecule has 0 saturated carbocycles. The Labute approximate surface area is 153 Å². The van der Waals surface area contributed by atoms with Crippen LogP contribution in [0.5, 0.6) is 0 Å². The minimum Gasteiger partial charge on any atom is -0.383 e. The number of allylic oxidation sites excluding steroid dienone is 2. The lowest BCUT2D eigenvalue weighted by atomic mass is 10.1. The summed E-state index contributed by atoms with van der Waals surface area (Å²) in [6, 6.07) is 1.71. The molecule has 7 heteroatoms. The molecule has 1 aliphatic rings. The first kappa shape index (κ1) is 19.6. The van der Waals surface area contributed by atoms with Crippen molar-refractivity contribution in [2.24, 2.45) is 0 Å². The highest BCUT2D eigenvalue weighted by Crippen LogP contribution is 2.16. The highest BCUT2D eigenvalue weighted by molar-refractivity contribution is 9.09. The van der Waals surface area contributed by atoms with E-state index in [1.807, 2.05) is 20.2 Å². The summed E-state index contributed by atoms with van der Waals surface area (Å²) in [5, 5.41) is 1.53. The molecule has 1 aromatic rings. The number of aromatic amines is 1. The van der Waals surface area contributed by atoms with Crippen molar-refractivity contribution < 1.29 is 18.3 Å². The summed E-state index contributed by atoms with van der Waals surface area (Å²) >= 11 is 3.50. The van der Waals surface area contributed by atoms with Gasteiger partial charge in [0, 0.05) is 36.0 Å². The monoisotopic (exact) mass is 414 g/mol. The number of fused-ring (bicyclic) bond motifs is 1. The molecule has 25 heavy (non-hydrogen) atoms. The Balaban J connectivity index is 2.37. The SMILES string of the molecule is C=C/C(=C\N(C)C)C(=O)c1cc2c([nH]1)=CC(Br)CC(OCC(F)F)C=2. The molecule has 2 unspecified atom stereocenters. The zero-order valence-corrected chi connectivity index (χ0v) is 15.7. The quantitative estimate of drug-likeness (QED) is 0.322. The molecule has 2 rings (SSSR count). The number of hydrogen-bond acceptors (Lipinski definition) is 3. The summed E-state index contributed by atoms with van der Waals surface area (Å²) in [5.41, 5.74) is 0.877. The minimum absolute atomic E-state index is 0.0505. The molecular formula is C18H21BrF2N2O2. The molecular weight excluding hydrogens is 394 g/mol. The van der Waals surface area contributed by atoms with E-state index in [-0.39, 0.29) is 10.6 Å². The summed E-state index contributed by atoms with van der Waals surface area (Å²) in [7, 11) is 3.64. The molecule has 1 heterocycles. The number of carbonyl (C=O) groups excluding carboxylic acids is 1. The van der Waals surface area contributed by atoms with Crippen molar-refractivity contribution >= 4 is 33.9 Å². The average Bonchev–Trinajstić information content (AvgIpc) is 2.84. The van der Waals surface area contributed by atoms with Crippen LogP contribution in [0.15, 0.2) is 30.5 Å². The Morgan fingerprint density at radius 2 is 2.24 bits per heavy atom. The number of ether oxygens (including phenoxy) is 1. The first-order valence-electron chi connectivity index (χ1n) is 7.82. The van der Waals surface area contributed by atoms with Gasteiger partial charge in [-0.05, 0) is 29.9 Å². The van der Waals surface area contributed by atoms with Gasteiger partial charge in [0.15, 0.2) is 0 Å². The van der Waals surface area contributed by atoms with Gasteiger partial charge in [0.1, 0.15) is 6.61 Å². The normalized spacial score (nSPS) is 20.3. The molecule has 0 bridgehead atoms. The predicted molar refractivity (Wildman–Crippen MR) is 98.3 cm³/mol. The van der Waals surface area contributed by atoms with Crippen molar-refractivity contribution in [1.29, 1.82) is 0 Å². The van der Waals surface area contributed by atoms with E-state index in [1.54, 1.807) is 23.2 Å². The van der Waals surface area contributed by atoms with E-state index in [9.17, 15) is 13.6 Å². The lowest BCUT2D eigenvalue weighted by Crippen LogP contribution is -2.24. The van der Waals surface area contributed by atoms with Gasteiger partial charge >= 0.3 is 0 Å². The van der Waals surface area contributed by atoms with Crippen molar-refractivity contribution in [3.05, 3.63) is 46.8 Å². The van der Waals surface area contributed by atoms with E-state index in [1.165, 1.54) is 6.08 Å². The van der Waals surface area contributed by atoms with Gasteiger partial charge in [0.2, 0.25) is 5.78 Å². The standard InChI is InChI=1S/C18H21BrF2N2O2/c1-4-11(9-23(2)3)18(24)16-6-12-5-14(25-10-17(20)21)7-13(19)8-15(12)22-16/h4-6,8-9,13-14,17,22H,1,7,10H2,2-3H3/b11-9+.